The topological polar surface area (TPSA) is 86.8 Å². The van der Waals surface area contributed by atoms with Crippen molar-refractivity contribution in [3.63, 3.8) is 0 Å². The summed E-state index contributed by atoms with van der Waals surface area (Å²) in [7, 11) is -3.71. The molecule has 7 nitrogen and oxygen atoms in total. The summed E-state index contributed by atoms with van der Waals surface area (Å²) in [6, 6.07) is 11.5. The molecule has 34 heavy (non-hydrogen) atoms. The summed E-state index contributed by atoms with van der Waals surface area (Å²) < 4.78 is 28.0. The normalized spacial score (nSPS) is 17.5. The molecule has 2 heterocycles. The summed E-state index contributed by atoms with van der Waals surface area (Å²) in [5.41, 5.74) is 2.85. The van der Waals surface area contributed by atoms with Crippen molar-refractivity contribution in [1.29, 1.82) is 0 Å². The molecule has 0 spiro atoms. The highest BCUT2D eigenvalue weighted by molar-refractivity contribution is 7.92. The van der Waals surface area contributed by atoms with Crippen molar-refractivity contribution in [2.45, 2.75) is 50.8 Å². The third kappa shape index (κ3) is 5.43. The fourth-order valence-electron chi connectivity index (χ4n) is 4.66. The molecule has 0 bridgehead atoms. The molecule has 0 radical (unpaired) electrons. The summed E-state index contributed by atoms with van der Waals surface area (Å²) in [5.74, 6) is 0.156. The number of benzene rings is 2. The molecule has 2 aliphatic heterocycles. The van der Waals surface area contributed by atoms with Crippen molar-refractivity contribution in [2.24, 2.45) is 5.92 Å². The molecular weight excluding hydrogens is 450 g/mol. The van der Waals surface area contributed by atoms with Crippen molar-refractivity contribution in [2.75, 3.05) is 30.9 Å². The van der Waals surface area contributed by atoms with Crippen LogP contribution in [0.1, 0.15) is 53.6 Å². The fourth-order valence-corrected chi connectivity index (χ4v) is 5.80. The van der Waals surface area contributed by atoms with Crippen molar-refractivity contribution < 1.29 is 18.0 Å². The average molecular weight is 484 g/mol. The van der Waals surface area contributed by atoms with Gasteiger partial charge in [0.25, 0.3) is 15.9 Å². The summed E-state index contributed by atoms with van der Waals surface area (Å²) in [4.78, 5) is 29.7. The number of likely N-dealkylation sites (tertiary alicyclic amines) is 2. The number of nitrogens with zero attached hydrogens (tertiary/aromatic N) is 2. The predicted octanol–water partition coefficient (Wildman–Crippen LogP) is 3.97. The van der Waals surface area contributed by atoms with Crippen molar-refractivity contribution in [3.05, 3.63) is 59.2 Å². The van der Waals surface area contributed by atoms with Crippen LogP contribution in [0.3, 0.4) is 0 Å². The van der Waals surface area contributed by atoms with E-state index >= 15 is 0 Å². The molecule has 4 rings (SSSR count). The van der Waals surface area contributed by atoms with Gasteiger partial charge in [0.2, 0.25) is 5.91 Å². The van der Waals surface area contributed by atoms with Gasteiger partial charge in [-0.15, -0.1) is 0 Å². The van der Waals surface area contributed by atoms with E-state index in [-0.39, 0.29) is 22.6 Å². The molecule has 0 unspecified atom stereocenters. The zero-order chi connectivity index (χ0) is 24.3. The number of carbonyl (C=O) groups excluding carboxylic acids is 2. The molecule has 2 aliphatic rings. The minimum absolute atomic E-state index is 0.00402. The maximum absolute atomic E-state index is 13.0. The van der Waals surface area contributed by atoms with E-state index in [1.165, 1.54) is 6.42 Å². The Morgan fingerprint density at radius 2 is 1.47 bits per heavy atom. The van der Waals surface area contributed by atoms with E-state index in [2.05, 4.69) is 4.72 Å². The van der Waals surface area contributed by atoms with E-state index in [1.54, 1.807) is 47.4 Å². The number of rotatable bonds is 5. The predicted molar refractivity (Wildman–Crippen MR) is 132 cm³/mol. The first-order valence-electron chi connectivity index (χ1n) is 12.0. The first kappa shape index (κ1) is 24.3. The molecule has 2 aromatic rings. The van der Waals surface area contributed by atoms with Crippen LogP contribution in [0.15, 0.2) is 47.4 Å². The Hall–Kier alpha value is -2.87. The lowest BCUT2D eigenvalue weighted by atomic mass is 9.94. The molecule has 0 atom stereocenters. The fraction of sp³-hybridized carbons (Fsp3) is 0.462. The van der Waals surface area contributed by atoms with Gasteiger partial charge in [-0.3, -0.25) is 14.3 Å². The van der Waals surface area contributed by atoms with Crippen LogP contribution in [0.4, 0.5) is 5.69 Å². The smallest absolute Gasteiger partial charge is 0.261 e. The highest BCUT2D eigenvalue weighted by Crippen LogP contribution is 2.24. The SMILES string of the molecule is Cc1ccc(S(=O)(=O)Nc2ccc(C(=O)N3CCC(C(=O)N4CCCCC4)CC3)cc2)cc1C. The largest absolute Gasteiger partial charge is 0.342 e. The van der Waals surface area contributed by atoms with E-state index in [4.69, 9.17) is 0 Å². The van der Waals surface area contributed by atoms with Gasteiger partial charge in [-0.2, -0.15) is 0 Å². The van der Waals surface area contributed by atoms with Crippen LogP contribution >= 0.6 is 0 Å². The van der Waals surface area contributed by atoms with Crippen molar-refractivity contribution >= 4 is 27.5 Å². The zero-order valence-electron chi connectivity index (χ0n) is 19.9. The van der Waals surface area contributed by atoms with Gasteiger partial charge < -0.3 is 9.80 Å². The third-order valence-electron chi connectivity index (χ3n) is 6.97. The average Bonchev–Trinajstić information content (AvgIpc) is 2.85. The van der Waals surface area contributed by atoms with E-state index in [0.29, 0.717) is 37.2 Å². The van der Waals surface area contributed by atoms with Gasteiger partial charge in [-0.05, 0) is 93.5 Å². The van der Waals surface area contributed by atoms with Gasteiger partial charge >= 0.3 is 0 Å². The lowest BCUT2D eigenvalue weighted by molar-refractivity contribution is -0.137. The Balaban J connectivity index is 1.34. The quantitative estimate of drug-likeness (QED) is 0.697. The van der Waals surface area contributed by atoms with Crippen LogP contribution in [0.2, 0.25) is 0 Å². The molecule has 2 amide bonds. The van der Waals surface area contributed by atoms with Crippen LogP contribution in [0.5, 0.6) is 0 Å². The second kappa shape index (κ2) is 10.2. The molecule has 1 N–H and O–H groups in total. The van der Waals surface area contributed by atoms with Crippen LogP contribution in [0, 0.1) is 19.8 Å². The highest BCUT2D eigenvalue weighted by atomic mass is 32.2. The summed E-state index contributed by atoms with van der Waals surface area (Å²) >= 11 is 0. The van der Waals surface area contributed by atoms with Crippen LogP contribution in [-0.4, -0.2) is 56.2 Å². The molecule has 2 aromatic carbocycles. The molecule has 0 aromatic heterocycles. The maximum Gasteiger partial charge on any atom is 0.261 e. The Morgan fingerprint density at radius 1 is 0.824 bits per heavy atom. The van der Waals surface area contributed by atoms with Crippen LogP contribution in [-0.2, 0) is 14.8 Å². The lowest BCUT2D eigenvalue weighted by Gasteiger charge is -2.35. The highest BCUT2D eigenvalue weighted by Gasteiger charge is 2.31. The number of carbonyl (C=O) groups is 2. The Bertz CT molecular complexity index is 1150. The minimum atomic E-state index is -3.71. The van der Waals surface area contributed by atoms with Gasteiger partial charge in [-0.1, -0.05) is 6.07 Å². The van der Waals surface area contributed by atoms with E-state index in [1.807, 2.05) is 18.7 Å². The maximum atomic E-state index is 13.0. The van der Waals surface area contributed by atoms with Gasteiger partial charge in [0, 0.05) is 43.3 Å². The second-order valence-electron chi connectivity index (χ2n) is 9.38. The van der Waals surface area contributed by atoms with Crippen molar-refractivity contribution in [1.82, 2.24) is 9.80 Å². The number of nitrogens with one attached hydrogen (secondary N) is 1. The number of piperidine rings is 2. The molecule has 2 fully saturated rings. The zero-order valence-corrected chi connectivity index (χ0v) is 20.7. The molecule has 0 aliphatic carbocycles. The summed E-state index contributed by atoms with van der Waals surface area (Å²) in [6.45, 7) is 6.65. The Labute approximate surface area is 202 Å². The first-order chi connectivity index (χ1) is 16.2. The molecule has 8 heteroatoms. The third-order valence-corrected chi connectivity index (χ3v) is 8.35. The van der Waals surface area contributed by atoms with E-state index in [9.17, 15) is 18.0 Å². The molecule has 0 saturated carbocycles. The molecular formula is C26H33N3O4S. The first-order valence-corrected chi connectivity index (χ1v) is 13.5. The number of amides is 2. The lowest BCUT2D eigenvalue weighted by Crippen LogP contribution is -2.45. The Morgan fingerprint density at radius 3 is 2.09 bits per heavy atom. The standard InChI is InChI=1S/C26H33N3O4S/c1-19-6-11-24(18-20(19)2)34(32,33)27-23-9-7-21(8-10-23)25(30)29-16-12-22(13-17-29)26(31)28-14-4-3-5-15-28/h6-11,18,22,27H,3-5,12-17H2,1-2H3. The second-order valence-corrected chi connectivity index (χ2v) is 11.1. The van der Waals surface area contributed by atoms with Crippen LogP contribution < -0.4 is 4.72 Å². The van der Waals surface area contributed by atoms with Crippen molar-refractivity contribution in [3.8, 4) is 0 Å². The number of aryl methyl sites for hydroxylation is 2. The van der Waals surface area contributed by atoms with Gasteiger partial charge in [0.05, 0.1) is 4.90 Å². The number of sulfonamides is 1. The number of hydrogen-bond donors (Lipinski definition) is 1. The summed E-state index contributed by atoms with van der Waals surface area (Å²) in [6.07, 6.45) is 4.74. The molecule has 2 saturated heterocycles. The molecule has 182 valence electrons. The number of anilines is 1. The summed E-state index contributed by atoms with van der Waals surface area (Å²) in [5, 5.41) is 0. The van der Waals surface area contributed by atoms with E-state index < -0.39 is 10.0 Å². The van der Waals surface area contributed by atoms with E-state index in [0.717, 1.165) is 37.1 Å². The Kier molecular flexibility index (Phi) is 7.26. The van der Waals surface area contributed by atoms with Crippen LogP contribution in [0.25, 0.3) is 0 Å². The monoisotopic (exact) mass is 483 g/mol. The van der Waals surface area contributed by atoms with Gasteiger partial charge in [0.1, 0.15) is 0 Å². The minimum Gasteiger partial charge on any atom is -0.342 e. The number of hydrogen-bond acceptors (Lipinski definition) is 4. The van der Waals surface area contributed by atoms with Gasteiger partial charge in [-0.25, -0.2) is 8.42 Å². The van der Waals surface area contributed by atoms with Gasteiger partial charge in [0.15, 0.2) is 0 Å².